The number of rotatable bonds is 7. The standard InChI is InChI=1S/C22H23N3O3S/c1-14-4-7-16(8-5-14)22-24-17(13-29-22)11-20(26)23-12-21(27)25-18-10-15(2)6-9-19(18)28-3/h4-10,13H,11-12H2,1-3H3,(H,23,26)(H,25,27). The second kappa shape index (κ2) is 9.34. The van der Waals surface area contributed by atoms with Crippen LogP contribution in [0.3, 0.4) is 0 Å². The molecule has 150 valence electrons. The molecule has 0 unspecified atom stereocenters. The number of nitrogens with zero attached hydrogens (tertiary/aromatic N) is 1. The molecule has 7 heteroatoms. The van der Waals surface area contributed by atoms with Gasteiger partial charge in [-0.2, -0.15) is 0 Å². The summed E-state index contributed by atoms with van der Waals surface area (Å²) in [5.74, 6) is -0.000583. The van der Waals surface area contributed by atoms with Crippen LogP contribution < -0.4 is 15.4 Å². The van der Waals surface area contributed by atoms with Crippen LogP contribution in [0.15, 0.2) is 47.8 Å². The third-order valence-electron chi connectivity index (χ3n) is 4.27. The predicted octanol–water partition coefficient (Wildman–Crippen LogP) is 3.73. The summed E-state index contributed by atoms with van der Waals surface area (Å²) in [4.78, 5) is 28.9. The molecule has 0 saturated heterocycles. The highest BCUT2D eigenvalue weighted by atomic mass is 32.1. The molecule has 0 saturated carbocycles. The molecule has 1 heterocycles. The summed E-state index contributed by atoms with van der Waals surface area (Å²) < 4.78 is 5.24. The van der Waals surface area contributed by atoms with E-state index < -0.39 is 0 Å². The fourth-order valence-electron chi connectivity index (χ4n) is 2.74. The third kappa shape index (κ3) is 5.65. The molecule has 29 heavy (non-hydrogen) atoms. The minimum Gasteiger partial charge on any atom is -0.495 e. The van der Waals surface area contributed by atoms with Crippen LogP contribution in [-0.2, 0) is 16.0 Å². The van der Waals surface area contributed by atoms with E-state index in [-0.39, 0.29) is 24.8 Å². The van der Waals surface area contributed by atoms with Gasteiger partial charge in [0.05, 0.1) is 31.5 Å². The van der Waals surface area contributed by atoms with Crippen molar-refractivity contribution in [3.63, 3.8) is 0 Å². The van der Waals surface area contributed by atoms with Crippen LogP contribution >= 0.6 is 11.3 Å². The van der Waals surface area contributed by atoms with Gasteiger partial charge >= 0.3 is 0 Å². The zero-order valence-corrected chi connectivity index (χ0v) is 17.4. The van der Waals surface area contributed by atoms with Gasteiger partial charge in [-0.1, -0.05) is 35.9 Å². The summed E-state index contributed by atoms with van der Waals surface area (Å²) in [5.41, 5.74) is 4.47. The summed E-state index contributed by atoms with van der Waals surface area (Å²) in [7, 11) is 1.54. The van der Waals surface area contributed by atoms with E-state index in [2.05, 4.69) is 15.6 Å². The maximum atomic E-state index is 12.2. The van der Waals surface area contributed by atoms with Crippen molar-refractivity contribution in [3.05, 3.63) is 64.7 Å². The largest absolute Gasteiger partial charge is 0.495 e. The highest BCUT2D eigenvalue weighted by Crippen LogP contribution is 2.25. The fourth-order valence-corrected chi connectivity index (χ4v) is 3.56. The summed E-state index contributed by atoms with van der Waals surface area (Å²) in [6.45, 7) is 3.84. The number of hydrogen-bond acceptors (Lipinski definition) is 5. The second-order valence-electron chi connectivity index (χ2n) is 6.72. The summed E-state index contributed by atoms with van der Waals surface area (Å²) >= 11 is 1.50. The van der Waals surface area contributed by atoms with Crippen LogP contribution in [0.1, 0.15) is 16.8 Å². The van der Waals surface area contributed by atoms with E-state index in [1.165, 1.54) is 16.9 Å². The predicted molar refractivity (Wildman–Crippen MR) is 115 cm³/mol. The topological polar surface area (TPSA) is 80.3 Å². The number of nitrogens with one attached hydrogen (secondary N) is 2. The lowest BCUT2D eigenvalue weighted by atomic mass is 10.2. The molecular weight excluding hydrogens is 386 g/mol. The molecule has 0 bridgehead atoms. The summed E-state index contributed by atoms with van der Waals surface area (Å²) in [6, 6.07) is 13.6. The molecule has 0 aliphatic carbocycles. The van der Waals surface area contributed by atoms with Crippen molar-refractivity contribution in [1.29, 1.82) is 0 Å². The molecule has 0 aliphatic rings. The quantitative estimate of drug-likeness (QED) is 0.623. The minimum atomic E-state index is -0.319. The molecule has 3 aromatic rings. The monoisotopic (exact) mass is 409 g/mol. The van der Waals surface area contributed by atoms with E-state index >= 15 is 0 Å². The first-order valence-corrected chi connectivity index (χ1v) is 10.0. The van der Waals surface area contributed by atoms with Crippen LogP contribution in [0.4, 0.5) is 5.69 Å². The Balaban J connectivity index is 1.52. The van der Waals surface area contributed by atoms with Crippen LogP contribution in [0.2, 0.25) is 0 Å². The number of carbonyl (C=O) groups excluding carboxylic acids is 2. The first kappa shape index (κ1) is 20.5. The Bertz CT molecular complexity index is 1010. The molecule has 3 rings (SSSR count). The maximum Gasteiger partial charge on any atom is 0.243 e. The molecule has 1 aromatic heterocycles. The van der Waals surface area contributed by atoms with Crippen molar-refractivity contribution in [1.82, 2.24) is 10.3 Å². The molecule has 0 atom stereocenters. The van der Waals surface area contributed by atoms with Gasteiger partial charge in [0.2, 0.25) is 11.8 Å². The number of carbonyl (C=O) groups is 2. The van der Waals surface area contributed by atoms with Crippen molar-refractivity contribution < 1.29 is 14.3 Å². The van der Waals surface area contributed by atoms with Gasteiger partial charge in [-0.15, -0.1) is 11.3 Å². The minimum absolute atomic E-state index is 0.120. The number of anilines is 1. The van der Waals surface area contributed by atoms with Crippen molar-refractivity contribution >= 4 is 28.8 Å². The van der Waals surface area contributed by atoms with Gasteiger partial charge < -0.3 is 15.4 Å². The molecule has 2 amide bonds. The third-order valence-corrected chi connectivity index (χ3v) is 5.21. The second-order valence-corrected chi connectivity index (χ2v) is 7.57. The van der Waals surface area contributed by atoms with E-state index in [0.29, 0.717) is 17.1 Å². The van der Waals surface area contributed by atoms with Crippen molar-refractivity contribution in [2.24, 2.45) is 0 Å². The lowest BCUT2D eigenvalue weighted by Gasteiger charge is -2.11. The molecule has 0 fully saturated rings. The maximum absolute atomic E-state index is 12.2. The Morgan fingerprint density at radius 2 is 1.76 bits per heavy atom. The summed E-state index contributed by atoms with van der Waals surface area (Å²) in [6.07, 6.45) is 0.128. The molecule has 6 nitrogen and oxygen atoms in total. The number of benzene rings is 2. The Morgan fingerprint density at radius 1 is 1.03 bits per heavy atom. The molecular formula is C22H23N3O3S. The number of methoxy groups -OCH3 is 1. The van der Waals surface area contributed by atoms with Crippen LogP contribution in [-0.4, -0.2) is 30.5 Å². The Morgan fingerprint density at radius 3 is 2.48 bits per heavy atom. The molecule has 0 aliphatic heterocycles. The average molecular weight is 410 g/mol. The first-order valence-electron chi connectivity index (χ1n) is 9.17. The molecule has 0 radical (unpaired) electrons. The van der Waals surface area contributed by atoms with E-state index in [1.54, 1.807) is 13.2 Å². The lowest BCUT2D eigenvalue weighted by molar-refractivity contribution is -0.123. The first-order chi connectivity index (χ1) is 13.9. The molecule has 2 aromatic carbocycles. The number of aromatic nitrogens is 1. The van der Waals surface area contributed by atoms with E-state index in [1.807, 2.05) is 55.6 Å². The number of thiazole rings is 1. The number of ether oxygens (including phenoxy) is 1. The van der Waals surface area contributed by atoms with Gasteiger partial charge in [-0.25, -0.2) is 4.98 Å². The van der Waals surface area contributed by atoms with Crippen LogP contribution in [0, 0.1) is 13.8 Å². The van der Waals surface area contributed by atoms with Crippen molar-refractivity contribution in [2.45, 2.75) is 20.3 Å². The van der Waals surface area contributed by atoms with Crippen LogP contribution in [0.25, 0.3) is 10.6 Å². The zero-order valence-electron chi connectivity index (χ0n) is 16.6. The zero-order chi connectivity index (χ0) is 20.8. The van der Waals surface area contributed by atoms with Gasteiger partial charge in [0.15, 0.2) is 0 Å². The molecule has 0 spiro atoms. The van der Waals surface area contributed by atoms with E-state index in [0.717, 1.165) is 16.1 Å². The SMILES string of the molecule is COc1ccc(C)cc1NC(=O)CNC(=O)Cc1csc(-c2ccc(C)cc2)n1. The fraction of sp³-hybridized carbons (Fsp3) is 0.227. The van der Waals surface area contributed by atoms with Gasteiger partial charge in [-0.05, 0) is 31.5 Å². The molecule has 2 N–H and O–H groups in total. The average Bonchev–Trinajstić information content (AvgIpc) is 3.15. The van der Waals surface area contributed by atoms with Crippen molar-refractivity contribution in [3.8, 4) is 16.3 Å². The van der Waals surface area contributed by atoms with E-state index in [9.17, 15) is 9.59 Å². The van der Waals surface area contributed by atoms with Gasteiger partial charge in [0.25, 0.3) is 0 Å². The van der Waals surface area contributed by atoms with Crippen LogP contribution in [0.5, 0.6) is 5.75 Å². The Hall–Kier alpha value is -3.19. The smallest absolute Gasteiger partial charge is 0.243 e. The Kier molecular flexibility index (Phi) is 6.61. The normalized spacial score (nSPS) is 10.4. The summed E-state index contributed by atoms with van der Waals surface area (Å²) in [5, 5.41) is 8.13. The number of hydrogen-bond donors (Lipinski definition) is 2. The Labute approximate surface area is 173 Å². The lowest BCUT2D eigenvalue weighted by Crippen LogP contribution is -2.33. The van der Waals surface area contributed by atoms with Crippen molar-refractivity contribution in [2.75, 3.05) is 19.0 Å². The van der Waals surface area contributed by atoms with Gasteiger partial charge in [0, 0.05) is 10.9 Å². The van der Waals surface area contributed by atoms with E-state index in [4.69, 9.17) is 4.74 Å². The highest BCUT2D eigenvalue weighted by molar-refractivity contribution is 7.13. The number of aryl methyl sites for hydroxylation is 2. The van der Waals surface area contributed by atoms with Gasteiger partial charge in [-0.3, -0.25) is 9.59 Å². The highest BCUT2D eigenvalue weighted by Gasteiger charge is 2.12. The van der Waals surface area contributed by atoms with Gasteiger partial charge in [0.1, 0.15) is 10.8 Å². The number of amides is 2.